The summed E-state index contributed by atoms with van der Waals surface area (Å²) in [7, 11) is 3.01. The van der Waals surface area contributed by atoms with E-state index < -0.39 is 23.6 Å². The topological polar surface area (TPSA) is 96.0 Å². The number of rotatable bonds is 5. The number of carbonyl (C=O) groups is 2. The SMILES string of the molecule is CNC(=O)c1[nH]c2c(=O)n(C)cc(-c3ccc(C(=O)NCc4cccc(C(F)(F)F)c4)cc3)c2c1Cl. The lowest BCUT2D eigenvalue weighted by Gasteiger charge is -2.11. The van der Waals surface area contributed by atoms with Crippen LogP contribution in [0.1, 0.15) is 32.0 Å². The number of aromatic amines is 1. The minimum absolute atomic E-state index is 0.0595. The summed E-state index contributed by atoms with van der Waals surface area (Å²) in [5.41, 5.74) is 0.885. The summed E-state index contributed by atoms with van der Waals surface area (Å²) in [4.78, 5) is 40.2. The van der Waals surface area contributed by atoms with Gasteiger partial charge in [0.05, 0.1) is 10.6 Å². The monoisotopic (exact) mass is 516 g/mol. The zero-order valence-corrected chi connectivity index (χ0v) is 19.8. The molecule has 2 aromatic heterocycles. The van der Waals surface area contributed by atoms with E-state index in [1.807, 2.05) is 0 Å². The van der Waals surface area contributed by atoms with Crippen LogP contribution < -0.4 is 16.2 Å². The molecule has 0 unspecified atom stereocenters. The van der Waals surface area contributed by atoms with Gasteiger partial charge in [-0.15, -0.1) is 0 Å². The number of aryl methyl sites for hydroxylation is 1. The Morgan fingerprint density at radius 2 is 1.78 bits per heavy atom. The predicted molar refractivity (Wildman–Crippen MR) is 130 cm³/mol. The fourth-order valence-corrected chi connectivity index (χ4v) is 4.16. The van der Waals surface area contributed by atoms with Crippen LogP contribution in [0.25, 0.3) is 22.0 Å². The van der Waals surface area contributed by atoms with Gasteiger partial charge in [-0.2, -0.15) is 13.2 Å². The van der Waals surface area contributed by atoms with Gasteiger partial charge >= 0.3 is 6.18 Å². The molecule has 0 saturated heterocycles. The Hall–Kier alpha value is -4.05. The van der Waals surface area contributed by atoms with Crippen LogP contribution in [-0.4, -0.2) is 28.4 Å². The molecule has 0 aliphatic heterocycles. The van der Waals surface area contributed by atoms with E-state index in [0.717, 1.165) is 12.1 Å². The standard InChI is InChI=1S/C25H20ClF3N4O3/c1-30-23(35)21-19(26)18-17(12-33(2)24(36)20(18)32-21)14-6-8-15(9-7-14)22(34)31-11-13-4-3-5-16(10-13)25(27,28)29/h3-10,12,32H,11H2,1-2H3,(H,30,35)(H,31,34). The number of nitrogens with one attached hydrogen (secondary N) is 3. The number of benzene rings is 2. The molecule has 7 nitrogen and oxygen atoms in total. The third-order valence-electron chi connectivity index (χ3n) is 5.68. The van der Waals surface area contributed by atoms with Crippen molar-refractivity contribution < 1.29 is 22.8 Å². The first-order valence-electron chi connectivity index (χ1n) is 10.7. The molecule has 0 spiro atoms. The Balaban J connectivity index is 1.61. The lowest BCUT2D eigenvalue weighted by atomic mass is 10.0. The predicted octanol–water partition coefficient (Wildman–Crippen LogP) is 4.50. The van der Waals surface area contributed by atoms with E-state index in [0.29, 0.717) is 22.1 Å². The molecule has 0 aliphatic rings. The number of aromatic nitrogens is 2. The van der Waals surface area contributed by atoms with Gasteiger partial charge in [-0.3, -0.25) is 14.4 Å². The first kappa shape index (κ1) is 25.1. The smallest absolute Gasteiger partial charge is 0.354 e. The summed E-state index contributed by atoms with van der Waals surface area (Å²) < 4.78 is 40.1. The first-order chi connectivity index (χ1) is 17.0. The number of nitrogens with zero attached hydrogens (tertiary/aromatic N) is 1. The molecule has 0 radical (unpaired) electrons. The van der Waals surface area contributed by atoms with Gasteiger partial charge in [0.15, 0.2) is 0 Å². The van der Waals surface area contributed by atoms with Crippen LogP contribution in [0.2, 0.25) is 5.02 Å². The van der Waals surface area contributed by atoms with Crippen LogP contribution in [-0.2, 0) is 19.8 Å². The number of halogens is 4. The molecule has 4 aromatic rings. The quantitative estimate of drug-likeness (QED) is 0.364. The molecule has 36 heavy (non-hydrogen) atoms. The van der Waals surface area contributed by atoms with Crippen molar-refractivity contribution in [1.82, 2.24) is 20.2 Å². The summed E-state index contributed by atoms with van der Waals surface area (Å²) in [5.74, 6) is -0.942. The first-order valence-corrected chi connectivity index (χ1v) is 11.1. The molecule has 186 valence electrons. The summed E-state index contributed by atoms with van der Waals surface area (Å²) >= 11 is 6.46. The molecule has 4 rings (SSSR count). The fraction of sp³-hybridized carbons (Fsp3) is 0.160. The third kappa shape index (κ3) is 4.72. The van der Waals surface area contributed by atoms with Crippen molar-refractivity contribution in [2.75, 3.05) is 7.05 Å². The normalized spacial score (nSPS) is 11.5. The highest BCUT2D eigenvalue weighted by molar-refractivity contribution is 6.39. The van der Waals surface area contributed by atoms with Crippen molar-refractivity contribution in [1.29, 1.82) is 0 Å². The van der Waals surface area contributed by atoms with Crippen LogP contribution in [0.15, 0.2) is 59.5 Å². The lowest BCUT2D eigenvalue weighted by molar-refractivity contribution is -0.137. The average Bonchev–Trinajstić information content (AvgIpc) is 3.21. The Bertz CT molecular complexity index is 1540. The van der Waals surface area contributed by atoms with Gasteiger partial charge in [0.2, 0.25) is 0 Å². The van der Waals surface area contributed by atoms with Gasteiger partial charge in [-0.1, -0.05) is 35.9 Å². The van der Waals surface area contributed by atoms with E-state index in [2.05, 4.69) is 15.6 Å². The molecule has 2 amide bonds. The van der Waals surface area contributed by atoms with Gasteiger partial charge < -0.3 is 20.2 Å². The maximum absolute atomic E-state index is 12.9. The largest absolute Gasteiger partial charge is 0.416 e. The van der Waals surface area contributed by atoms with Crippen LogP contribution in [0.4, 0.5) is 13.2 Å². The summed E-state index contributed by atoms with van der Waals surface area (Å²) in [6.45, 7) is -0.0762. The molecule has 0 fully saturated rings. The molecule has 0 atom stereocenters. The molecule has 2 heterocycles. The molecular weight excluding hydrogens is 497 g/mol. The van der Waals surface area contributed by atoms with Crippen molar-refractivity contribution in [3.8, 4) is 11.1 Å². The minimum Gasteiger partial charge on any atom is -0.354 e. The maximum Gasteiger partial charge on any atom is 0.416 e. The molecule has 3 N–H and O–H groups in total. The Morgan fingerprint density at radius 3 is 2.42 bits per heavy atom. The summed E-state index contributed by atoms with van der Waals surface area (Å²) in [5, 5.41) is 5.55. The zero-order chi connectivity index (χ0) is 26.2. The minimum atomic E-state index is -4.47. The maximum atomic E-state index is 12.9. The Kier molecular flexibility index (Phi) is 6.64. The van der Waals surface area contributed by atoms with Gasteiger partial charge in [0.25, 0.3) is 17.4 Å². The van der Waals surface area contributed by atoms with Gasteiger partial charge in [0.1, 0.15) is 11.2 Å². The van der Waals surface area contributed by atoms with Crippen molar-refractivity contribution in [2.45, 2.75) is 12.7 Å². The van der Waals surface area contributed by atoms with E-state index in [9.17, 15) is 27.6 Å². The van der Waals surface area contributed by atoms with Crippen LogP contribution in [0, 0.1) is 0 Å². The molecule has 0 saturated carbocycles. The van der Waals surface area contributed by atoms with E-state index >= 15 is 0 Å². The summed E-state index contributed by atoms with van der Waals surface area (Å²) in [6.07, 6.45) is -2.88. The van der Waals surface area contributed by atoms with Crippen molar-refractivity contribution in [2.24, 2.45) is 7.05 Å². The van der Waals surface area contributed by atoms with Gasteiger partial charge in [0, 0.05) is 43.4 Å². The van der Waals surface area contributed by atoms with E-state index in [-0.39, 0.29) is 33.9 Å². The highest BCUT2D eigenvalue weighted by atomic mass is 35.5. The molecule has 11 heteroatoms. The van der Waals surface area contributed by atoms with E-state index in [4.69, 9.17) is 11.6 Å². The average molecular weight is 517 g/mol. The number of amides is 2. The fourth-order valence-electron chi connectivity index (χ4n) is 3.83. The second kappa shape index (κ2) is 9.54. The van der Waals surface area contributed by atoms with E-state index in [1.54, 1.807) is 37.5 Å². The number of alkyl halides is 3. The second-order valence-electron chi connectivity index (χ2n) is 8.06. The van der Waals surface area contributed by atoms with E-state index in [1.165, 1.54) is 23.7 Å². The lowest BCUT2D eigenvalue weighted by Crippen LogP contribution is -2.23. The van der Waals surface area contributed by atoms with Gasteiger partial charge in [-0.25, -0.2) is 0 Å². The highest BCUT2D eigenvalue weighted by Crippen LogP contribution is 2.34. The molecular formula is C25H20ClF3N4O3. The number of hydrogen-bond donors (Lipinski definition) is 3. The number of fused-ring (bicyclic) bond motifs is 1. The highest BCUT2D eigenvalue weighted by Gasteiger charge is 2.30. The summed E-state index contributed by atoms with van der Waals surface area (Å²) in [6, 6.07) is 11.1. The molecule has 0 aliphatic carbocycles. The number of H-pyrrole nitrogens is 1. The number of pyridine rings is 1. The zero-order valence-electron chi connectivity index (χ0n) is 19.1. The Morgan fingerprint density at radius 1 is 1.08 bits per heavy atom. The molecule has 2 aromatic carbocycles. The van der Waals surface area contributed by atoms with Gasteiger partial charge in [-0.05, 0) is 35.4 Å². The molecule has 0 bridgehead atoms. The third-order valence-corrected chi connectivity index (χ3v) is 6.06. The Labute approximate surface area is 207 Å². The van der Waals surface area contributed by atoms with Crippen molar-refractivity contribution in [3.05, 3.63) is 92.5 Å². The second-order valence-corrected chi connectivity index (χ2v) is 8.44. The van der Waals surface area contributed by atoms with Crippen molar-refractivity contribution in [3.63, 3.8) is 0 Å². The van der Waals surface area contributed by atoms with Crippen molar-refractivity contribution >= 4 is 34.3 Å². The van der Waals surface area contributed by atoms with Crippen LogP contribution in [0.5, 0.6) is 0 Å². The number of carbonyl (C=O) groups excluding carboxylic acids is 2. The van der Waals surface area contributed by atoms with Crippen LogP contribution in [0.3, 0.4) is 0 Å². The number of hydrogen-bond acceptors (Lipinski definition) is 3. The van der Waals surface area contributed by atoms with Crippen LogP contribution >= 0.6 is 11.6 Å².